The molecule has 5 heteroatoms. The lowest BCUT2D eigenvalue weighted by atomic mass is 10.00. The molecular weight excluding hydrogens is 272 g/mol. The summed E-state index contributed by atoms with van der Waals surface area (Å²) in [6.07, 6.45) is 2.09. The molecule has 20 heavy (non-hydrogen) atoms. The summed E-state index contributed by atoms with van der Waals surface area (Å²) in [6.45, 7) is 5.49. The molecule has 0 amide bonds. The number of hydrogen-bond acceptors (Lipinski definition) is 4. The Morgan fingerprint density at radius 2 is 1.70 bits per heavy atom. The Hall–Kier alpha value is -0.910. The van der Waals surface area contributed by atoms with Crippen molar-refractivity contribution in [1.29, 1.82) is 0 Å². The Morgan fingerprint density at radius 1 is 1.15 bits per heavy atom. The molecule has 0 bridgehead atoms. The summed E-state index contributed by atoms with van der Waals surface area (Å²) in [6, 6.07) is 6.37. The van der Waals surface area contributed by atoms with Gasteiger partial charge in [-0.25, -0.2) is 8.42 Å². The molecule has 0 saturated heterocycles. The van der Waals surface area contributed by atoms with Crippen molar-refractivity contribution < 1.29 is 8.42 Å². The molecule has 0 radical (unpaired) electrons. The van der Waals surface area contributed by atoms with Gasteiger partial charge in [-0.2, -0.15) is 0 Å². The van der Waals surface area contributed by atoms with E-state index in [4.69, 9.17) is 5.73 Å². The number of hydrogen-bond donors (Lipinski definition) is 1. The van der Waals surface area contributed by atoms with Crippen LogP contribution in [0.1, 0.15) is 29.2 Å². The molecule has 0 aromatic heterocycles. The molecule has 1 aromatic rings. The zero-order valence-corrected chi connectivity index (χ0v) is 13.7. The van der Waals surface area contributed by atoms with E-state index in [0.29, 0.717) is 6.54 Å². The van der Waals surface area contributed by atoms with E-state index in [-0.39, 0.29) is 11.8 Å². The van der Waals surface area contributed by atoms with E-state index in [1.54, 1.807) is 0 Å². The van der Waals surface area contributed by atoms with Crippen molar-refractivity contribution in [3.63, 3.8) is 0 Å². The van der Waals surface area contributed by atoms with Crippen LogP contribution in [-0.4, -0.2) is 45.5 Å². The summed E-state index contributed by atoms with van der Waals surface area (Å²) in [7, 11) is -0.964. The predicted molar refractivity (Wildman–Crippen MR) is 84.7 cm³/mol. The molecule has 0 heterocycles. The van der Waals surface area contributed by atoms with Crippen molar-refractivity contribution in [2.75, 3.05) is 32.1 Å². The smallest absolute Gasteiger partial charge is 0.148 e. The highest BCUT2D eigenvalue weighted by Gasteiger charge is 2.10. The van der Waals surface area contributed by atoms with Crippen LogP contribution >= 0.6 is 0 Å². The minimum absolute atomic E-state index is 0.00529. The minimum Gasteiger partial charge on any atom is -0.324 e. The fourth-order valence-electron chi connectivity index (χ4n) is 2.18. The average Bonchev–Trinajstić information content (AvgIpc) is 2.31. The van der Waals surface area contributed by atoms with E-state index >= 15 is 0 Å². The first kappa shape index (κ1) is 17.1. The van der Waals surface area contributed by atoms with Gasteiger partial charge in [0, 0.05) is 18.8 Å². The van der Waals surface area contributed by atoms with Crippen molar-refractivity contribution in [3.05, 3.63) is 34.9 Å². The molecule has 1 unspecified atom stereocenters. The lowest BCUT2D eigenvalue weighted by Gasteiger charge is -2.19. The van der Waals surface area contributed by atoms with Crippen LogP contribution in [0.5, 0.6) is 0 Å². The zero-order valence-electron chi connectivity index (χ0n) is 12.9. The van der Waals surface area contributed by atoms with Gasteiger partial charge in [0.05, 0.1) is 5.75 Å². The van der Waals surface area contributed by atoms with Crippen LogP contribution in [0.25, 0.3) is 0 Å². The van der Waals surface area contributed by atoms with Gasteiger partial charge >= 0.3 is 0 Å². The Morgan fingerprint density at radius 3 is 2.20 bits per heavy atom. The summed E-state index contributed by atoms with van der Waals surface area (Å²) in [5.41, 5.74) is 9.82. The largest absolute Gasteiger partial charge is 0.324 e. The first-order valence-electron chi connectivity index (χ1n) is 6.87. The van der Waals surface area contributed by atoms with Crippen LogP contribution < -0.4 is 5.73 Å². The Kier molecular flexibility index (Phi) is 6.17. The Labute approximate surface area is 122 Å². The number of sulfone groups is 1. The maximum absolute atomic E-state index is 11.1. The summed E-state index contributed by atoms with van der Waals surface area (Å²) >= 11 is 0. The third kappa shape index (κ3) is 6.50. The van der Waals surface area contributed by atoms with Gasteiger partial charge < -0.3 is 10.6 Å². The lowest BCUT2D eigenvalue weighted by Crippen LogP contribution is -2.28. The highest BCUT2D eigenvalue weighted by Crippen LogP contribution is 2.18. The number of aryl methyl sites for hydroxylation is 2. The van der Waals surface area contributed by atoms with Gasteiger partial charge in [0.1, 0.15) is 9.84 Å². The topological polar surface area (TPSA) is 63.4 Å². The zero-order chi connectivity index (χ0) is 15.3. The fourth-order valence-corrected chi connectivity index (χ4v) is 2.83. The molecule has 2 N–H and O–H groups in total. The monoisotopic (exact) mass is 298 g/mol. The van der Waals surface area contributed by atoms with Crippen molar-refractivity contribution in [1.82, 2.24) is 4.90 Å². The normalized spacial score (nSPS) is 13.7. The van der Waals surface area contributed by atoms with Crippen molar-refractivity contribution in [3.8, 4) is 0 Å². The third-order valence-corrected chi connectivity index (χ3v) is 4.26. The molecule has 1 atom stereocenters. The molecule has 1 aromatic carbocycles. The van der Waals surface area contributed by atoms with Crippen LogP contribution in [0.15, 0.2) is 18.2 Å². The molecule has 0 aliphatic rings. The quantitative estimate of drug-likeness (QED) is 0.832. The van der Waals surface area contributed by atoms with Crippen LogP contribution in [-0.2, 0) is 9.84 Å². The number of rotatable bonds is 7. The van der Waals surface area contributed by atoms with Gasteiger partial charge in [-0.3, -0.25) is 0 Å². The van der Waals surface area contributed by atoms with E-state index in [0.717, 1.165) is 18.5 Å². The SMILES string of the molecule is Cc1cc(C)cc(C(N)CCN(C)CCS(C)(=O)=O)c1. The minimum atomic E-state index is -2.89. The van der Waals surface area contributed by atoms with Crippen LogP contribution in [0.3, 0.4) is 0 Å². The van der Waals surface area contributed by atoms with Crippen LogP contribution in [0, 0.1) is 13.8 Å². The van der Waals surface area contributed by atoms with Gasteiger partial charge in [0.25, 0.3) is 0 Å². The summed E-state index contributed by atoms with van der Waals surface area (Å²) in [4.78, 5) is 2.02. The van der Waals surface area contributed by atoms with Gasteiger partial charge in [0.2, 0.25) is 0 Å². The van der Waals surface area contributed by atoms with E-state index in [1.807, 2.05) is 11.9 Å². The second-order valence-corrected chi connectivity index (χ2v) is 8.01. The maximum atomic E-state index is 11.1. The average molecular weight is 298 g/mol. The Balaban J connectivity index is 2.48. The number of nitrogens with two attached hydrogens (primary N) is 1. The van der Waals surface area contributed by atoms with E-state index in [1.165, 1.54) is 17.4 Å². The van der Waals surface area contributed by atoms with Crippen LogP contribution in [0.4, 0.5) is 0 Å². The fraction of sp³-hybridized carbons (Fsp3) is 0.600. The van der Waals surface area contributed by atoms with E-state index < -0.39 is 9.84 Å². The molecule has 1 rings (SSSR count). The Bertz CT molecular complexity index is 521. The summed E-state index contributed by atoms with van der Waals surface area (Å²) < 4.78 is 22.2. The second kappa shape index (κ2) is 7.20. The van der Waals surface area contributed by atoms with Crippen molar-refractivity contribution in [2.45, 2.75) is 26.3 Å². The molecule has 0 fully saturated rings. The van der Waals surface area contributed by atoms with Gasteiger partial charge in [0.15, 0.2) is 0 Å². The molecule has 0 aliphatic heterocycles. The standard InChI is InChI=1S/C15H26N2O2S/c1-12-9-13(2)11-14(10-12)15(16)5-6-17(3)7-8-20(4,18)19/h9-11,15H,5-8,16H2,1-4H3. The molecular formula is C15H26N2O2S. The first-order valence-corrected chi connectivity index (χ1v) is 8.93. The van der Waals surface area contributed by atoms with Crippen molar-refractivity contribution in [2.24, 2.45) is 5.73 Å². The summed E-state index contributed by atoms with van der Waals surface area (Å²) in [5, 5.41) is 0. The maximum Gasteiger partial charge on any atom is 0.148 e. The molecule has 0 aliphatic carbocycles. The number of benzene rings is 1. The van der Waals surface area contributed by atoms with Gasteiger partial charge in [-0.15, -0.1) is 0 Å². The predicted octanol–water partition coefficient (Wildman–Crippen LogP) is 1.67. The van der Waals surface area contributed by atoms with Crippen LogP contribution in [0.2, 0.25) is 0 Å². The first-order chi connectivity index (χ1) is 9.17. The van der Waals surface area contributed by atoms with E-state index in [9.17, 15) is 8.42 Å². The van der Waals surface area contributed by atoms with E-state index in [2.05, 4.69) is 32.0 Å². The molecule has 114 valence electrons. The molecule has 0 saturated carbocycles. The highest BCUT2D eigenvalue weighted by molar-refractivity contribution is 7.90. The molecule has 4 nitrogen and oxygen atoms in total. The van der Waals surface area contributed by atoms with Crippen molar-refractivity contribution >= 4 is 9.84 Å². The van der Waals surface area contributed by atoms with Gasteiger partial charge in [-0.05, 0) is 39.4 Å². The van der Waals surface area contributed by atoms with Gasteiger partial charge in [-0.1, -0.05) is 29.3 Å². The summed E-state index contributed by atoms with van der Waals surface area (Å²) in [5.74, 6) is 0.197. The highest BCUT2D eigenvalue weighted by atomic mass is 32.2. The third-order valence-electron chi connectivity index (χ3n) is 3.34. The second-order valence-electron chi connectivity index (χ2n) is 5.75. The lowest BCUT2D eigenvalue weighted by molar-refractivity contribution is 0.335. The molecule has 0 spiro atoms. The number of nitrogens with zero attached hydrogens (tertiary/aromatic N) is 1.